The molecule has 0 heterocycles. The van der Waals surface area contributed by atoms with Crippen LogP contribution in [0.25, 0.3) is 0 Å². The van der Waals surface area contributed by atoms with Gasteiger partial charge in [0.1, 0.15) is 0 Å². The summed E-state index contributed by atoms with van der Waals surface area (Å²) in [6, 6.07) is 0.594. The molecule has 0 bridgehead atoms. The van der Waals surface area contributed by atoms with Gasteiger partial charge in [-0.05, 0) is 18.9 Å². The van der Waals surface area contributed by atoms with Crippen LogP contribution in [-0.2, 0) is 0 Å². The van der Waals surface area contributed by atoms with E-state index in [4.69, 9.17) is 0 Å². The Morgan fingerprint density at radius 3 is 2.23 bits per heavy atom. The Hall–Kier alpha value is -0.820. The highest BCUT2D eigenvalue weighted by Crippen LogP contribution is 2.09. The second-order valence-electron chi connectivity index (χ2n) is 3.72. The lowest BCUT2D eigenvalue weighted by atomic mass is 10.1. The molecule has 0 fully saturated rings. The fourth-order valence-corrected chi connectivity index (χ4v) is 1.34. The van der Waals surface area contributed by atoms with Gasteiger partial charge in [0.05, 0.1) is 0 Å². The molecular formula is C12H19N. The Morgan fingerprint density at radius 1 is 1.08 bits per heavy atom. The van der Waals surface area contributed by atoms with E-state index in [9.17, 15) is 0 Å². The van der Waals surface area contributed by atoms with Gasteiger partial charge in [-0.1, -0.05) is 50.3 Å². The molecule has 13 heavy (non-hydrogen) atoms. The van der Waals surface area contributed by atoms with Crippen LogP contribution in [0.3, 0.4) is 0 Å². The van der Waals surface area contributed by atoms with Crippen LogP contribution in [0.1, 0.15) is 20.3 Å². The van der Waals surface area contributed by atoms with E-state index in [1.165, 1.54) is 6.42 Å². The maximum Gasteiger partial charge on any atom is 0.00103 e. The van der Waals surface area contributed by atoms with E-state index in [0.717, 1.165) is 6.54 Å². The number of hydrogen-bond acceptors (Lipinski definition) is 1. The van der Waals surface area contributed by atoms with Crippen molar-refractivity contribution in [3.63, 3.8) is 0 Å². The lowest BCUT2D eigenvalue weighted by molar-refractivity contribution is 0.546. The van der Waals surface area contributed by atoms with Crippen LogP contribution in [0.15, 0.2) is 36.5 Å². The summed E-state index contributed by atoms with van der Waals surface area (Å²) in [4.78, 5) is 0. The molecule has 1 heteroatoms. The zero-order valence-electron chi connectivity index (χ0n) is 8.53. The van der Waals surface area contributed by atoms with Gasteiger partial charge in [-0.3, -0.25) is 0 Å². The van der Waals surface area contributed by atoms with E-state index in [-0.39, 0.29) is 0 Å². The molecule has 0 aromatic carbocycles. The average Bonchev–Trinajstić information content (AvgIpc) is 2.32. The quantitative estimate of drug-likeness (QED) is 0.696. The molecule has 0 aromatic rings. The molecule has 0 aromatic heterocycles. The van der Waals surface area contributed by atoms with Crippen molar-refractivity contribution in [2.45, 2.75) is 26.3 Å². The topological polar surface area (TPSA) is 12.0 Å². The first-order valence-corrected chi connectivity index (χ1v) is 5.04. The maximum atomic E-state index is 3.42. The van der Waals surface area contributed by atoms with Gasteiger partial charge in [-0.15, -0.1) is 0 Å². The highest BCUT2D eigenvalue weighted by atomic mass is 14.9. The zero-order valence-corrected chi connectivity index (χ0v) is 8.53. The van der Waals surface area contributed by atoms with E-state index in [1.807, 2.05) is 0 Å². The molecule has 0 atom stereocenters. The summed E-state index contributed by atoms with van der Waals surface area (Å²) in [7, 11) is 0. The second-order valence-corrected chi connectivity index (χ2v) is 3.72. The third kappa shape index (κ3) is 4.69. The molecule has 0 radical (unpaired) electrons. The molecule has 1 N–H and O–H groups in total. The standard InChI is InChI=1S/C12H19N/c1-11(2)13-10-9-12-7-5-3-4-6-8-12/h3-8,11-13H,9-10H2,1-2H3. The molecule has 1 aliphatic carbocycles. The van der Waals surface area contributed by atoms with Gasteiger partial charge in [0, 0.05) is 6.04 Å². The first kappa shape index (κ1) is 10.3. The van der Waals surface area contributed by atoms with E-state index in [1.54, 1.807) is 0 Å². The fraction of sp³-hybridized carbons (Fsp3) is 0.500. The second kappa shape index (κ2) is 5.76. The Bertz CT molecular complexity index is 195. The Labute approximate surface area is 81.2 Å². The highest BCUT2D eigenvalue weighted by molar-refractivity contribution is 5.19. The van der Waals surface area contributed by atoms with Crippen LogP contribution in [0, 0.1) is 5.92 Å². The summed E-state index contributed by atoms with van der Waals surface area (Å²) in [6.07, 6.45) is 14.1. The average molecular weight is 177 g/mol. The Balaban J connectivity index is 2.21. The van der Waals surface area contributed by atoms with Gasteiger partial charge in [0.25, 0.3) is 0 Å². The predicted molar refractivity (Wildman–Crippen MR) is 58.7 cm³/mol. The van der Waals surface area contributed by atoms with Crippen molar-refractivity contribution in [3.8, 4) is 0 Å². The summed E-state index contributed by atoms with van der Waals surface area (Å²) < 4.78 is 0. The number of nitrogens with one attached hydrogen (secondary N) is 1. The molecule has 0 amide bonds. The van der Waals surface area contributed by atoms with Crippen LogP contribution < -0.4 is 5.32 Å². The molecule has 0 saturated carbocycles. The van der Waals surface area contributed by atoms with Crippen molar-refractivity contribution in [2.75, 3.05) is 6.54 Å². The van der Waals surface area contributed by atoms with E-state index in [2.05, 4.69) is 55.6 Å². The minimum atomic E-state index is 0.594. The normalized spacial score (nSPS) is 16.8. The van der Waals surface area contributed by atoms with Crippen LogP contribution >= 0.6 is 0 Å². The minimum absolute atomic E-state index is 0.594. The summed E-state index contributed by atoms with van der Waals surface area (Å²) in [6.45, 7) is 5.46. The van der Waals surface area contributed by atoms with Crippen LogP contribution in [-0.4, -0.2) is 12.6 Å². The number of hydrogen-bond donors (Lipinski definition) is 1. The van der Waals surface area contributed by atoms with Crippen LogP contribution in [0.5, 0.6) is 0 Å². The molecule has 0 unspecified atom stereocenters. The molecule has 0 saturated heterocycles. The summed E-state index contributed by atoms with van der Waals surface area (Å²) in [5, 5.41) is 3.42. The predicted octanol–water partition coefficient (Wildman–Crippen LogP) is 2.67. The van der Waals surface area contributed by atoms with Crippen molar-refractivity contribution >= 4 is 0 Å². The molecule has 72 valence electrons. The van der Waals surface area contributed by atoms with Crippen molar-refractivity contribution in [1.29, 1.82) is 0 Å². The van der Waals surface area contributed by atoms with Crippen LogP contribution in [0.2, 0.25) is 0 Å². The summed E-state index contributed by atoms with van der Waals surface area (Å²) >= 11 is 0. The lowest BCUT2D eigenvalue weighted by Crippen LogP contribution is -2.24. The molecule has 0 spiro atoms. The van der Waals surface area contributed by atoms with Gasteiger partial charge >= 0.3 is 0 Å². The monoisotopic (exact) mass is 177 g/mol. The van der Waals surface area contributed by atoms with E-state index in [0.29, 0.717) is 12.0 Å². The van der Waals surface area contributed by atoms with Gasteiger partial charge in [-0.2, -0.15) is 0 Å². The van der Waals surface area contributed by atoms with Crippen molar-refractivity contribution in [3.05, 3.63) is 36.5 Å². The highest BCUT2D eigenvalue weighted by Gasteiger charge is 2.00. The lowest BCUT2D eigenvalue weighted by Gasteiger charge is -2.10. The van der Waals surface area contributed by atoms with Crippen molar-refractivity contribution < 1.29 is 0 Å². The van der Waals surface area contributed by atoms with Gasteiger partial charge in [-0.25, -0.2) is 0 Å². The molecule has 1 nitrogen and oxygen atoms in total. The van der Waals surface area contributed by atoms with E-state index < -0.39 is 0 Å². The zero-order chi connectivity index (χ0) is 9.52. The maximum absolute atomic E-state index is 3.42. The Morgan fingerprint density at radius 2 is 1.69 bits per heavy atom. The van der Waals surface area contributed by atoms with Crippen LogP contribution in [0.4, 0.5) is 0 Å². The summed E-state index contributed by atoms with van der Waals surface area (Å²) in [5.41, 5.74) is 0. The fourth-order valence-electron chi connectivity index (χ4n) is 1.34. The SMILES string of the molecule is CC(C)NCCC1C=CC=CC=C1. The Kier molecular flexibility index (Phi) is 4.55. The first-order valence-electron chi connectivity index (χ1n) is 5.04. The third-order valence-corrected chi connectivity index (χ3v) is 2.08. The van der Waals surface area contributed by atoms with Crippen molar-refractivity contribution in [2.24, 2.45) is 5.92 Å². The van der Waals surface area contributed by atoms with E-state index >= 15 is 0 Å². The molecule has 1 rings (SSSR count). The number of allylic oxidation sites excluding steroid dienone is 6. The molecular weight excluding hydrogens is 158 g/mol. The molecule has 0 aliphatic heterocycles. The van der Waals surface area contributed by atoms with Crippen molar-refractivity contribution in [1.82, 2.24) is 5.32 Å². The number of rotatable bonds is 4. The summed E-state index contributed by atoms with van der Waals surface area (Å²) in [5.74, 6) is 0.598. The molecule has 1 aliphatic rings. The smallest absolute Gasteiger partial charge is 0.00103 e. The van der Waals surface area contributed by atoms with Gasteiger partial charge in [0.15, 0.2) is 0 Å². The third-order valence-electron chi connectivity index (χ3n) is 2.08. The first-order chi connectivity index (χ1) is 6.29. The van der Waals surface area contributed by atoms with Gasteiger partial charge in [0.2, 0.25) is 0 Å². The van der Waals surface area contributed by atoms with Gasteiger partial charge < -0.3 is 5.32 Å². The minimum Gasteiger partial charge on any atom is -0.314 e. The largest absolute Gasteiger partial charge is 0.314 e.